The van der Waals surface area contributed by atoms with Crippen LogP contribution < -0.4 is 10.4 Å². The van der Waals surface area contributed by atoms with Crippen molar-refractivity contribution in [2.24, 2.45) is 0 Å². The van der Waals surface area contributed by atoms with Gasteiger partial charge in [-0.3, -0.25) is 0 Å². The van der Waals surface area contributed by atoms with Gasteiger partial charge in [-0.25, -0.2) is 0 Å². The Kier molecular flexibility index (Phi) is 4.49. The lowest BCUT2D eigenvalue weighted by atomic mass is 10.1. The minimum absolute atomic E-state index is 0.720. The van der Waals surface area contributed by atoms with Crippen molar-refractivity contribution in [3.63, 3.8) is 0 Å². The van der Waals surface area contributed by atoms with E-state index in [-0.39, 0.29) is 0 Å². The van der Waals surface area contributed by atoms with Gasteiger partial charge in [-0.2, -0.15) is 0 Å². The van der Waals surface area contributed by atoms with Gasteiger partial charge >= 0.3 is 0 Å². The first-order valence-electron chi connectivity index (χ1n) is 6.59. The van der Waals surface area contributed by atoms with Gasteiger partial charge in [-0.05, 0) is 27.7 Å². The number of benzene rings is 2. The normalized spacial score (nSPS) is 11.1. The van der Waals surface area contributed by atoms with E-state index in [1.165, 1.54) is 32.6 Å². The molecule has 2 aromatic carbocycles. The van der Waals surface area contributed by atoms with Gasteiger partial charge in [-0.15, -0.1) is 11.6 Å². The topological polar surface area (TPSA) is 0 Å². The Morgan fingerprint density at radius 1 is 0.842 bits per heavy atom. The van der Waals surface area contributed by atoms with Gasteiger partial charge in [0.2, 0.25) is 0 Å². The van der Waals surface area contributed by atoms with Crippen LogP contribution in [0.4, 0.5) is 0 Å². The second-order valence-electron chi connectivity index (χ2n) is 5.31. The molecule has 0 aliphatic carbocycles. The first-order chi connectivity index (χ1) is 9.01. The Morgan fingerprint density at radius 3 is 2.00 bits per heavy atom. The van der Waals surface area contributed by atoms with Gasteiger partial charge in [0.25, 0.3) is 0 Å². The van der Waals surface area contributed by atoms with Crippen LogP contribution in [0.2, 0.25) is 0 Å². The molecule has 2 heteroatoms. The molecule has 1 radical (unpaired) electrons. The van der Waals surface area contributed by atoms with E-state index < -0.39 is 8.80 Å². The fourth-order valence-electron chi connectivity index (χ4n) is 2.61. The zero-order valence-corrected chi connectivity index (χ0v) is 13.8. The van der Waals surface area contributed by atoms with Crippen LogP contribution in [0.1, 0.15) is 22.3 Å². The van der Waals surface area contributed by atoms with Gasteiger partial charge in [0.15, 0.2) is 0 Å². The molecule has 19 heavy (non-hydrogen) atoms. The van der Waals surface area contributed by atoms with E-state index in [2.05, 4.69) is 64.1 Å². The molecule has 0 fully saturated rings. The summed E-state index contributed by atoms with van der Waals surface area (Å²) < 4.78 is 0. The van der Waals surface area contributed by atoms with Crippen LogP contribution >= 0.6 is 11.6 Å². The lowest BCUT2D eigenvalue weighted by Gasteiger charge is -2.17. The third-order valence-corrected chi connectivity index (χ3v) is 6.68. The van der Waals surface area contributed by atoms with E-state index in [9.17, 15) is 0 Å². The van der Waals surface area contributed by atoms with Crippen molar-refractivity contribution in [1.82, 2.24) is 0 Å². The van der Waals surface area contributed by atoms with Gasteiger partial charge in [-0.1, -0.05) is 69.0 Å². The zero-order chi connectivity index (χ0) is 14.0. The number of rotatable bonds is 3. The van der Waals surface area contributed by atoms with Crippen LogP contribution in [-0.2, 0) is 0 Å². The highest BCUT2D eigenvalue weighted by atomic mass is 35.5. The van der Waals surface area contributed by atoms with Crippen LogP contribution in [0.5, 0.6) is 0 Å². The average Bonchev–Trinajstić information content (AvgIpc) is 2.31. The van der Waals surface area contributed by atoms with Crippen LogP contribution in [0.15, 0.2) is 36.4 Å². The summed E-state index contributed by atoms with van der Waals surface area (Å²) in [5.41, 5.74) is 6.06. The smallest absolute Gasteiger partial charge is 0.130 e. The largest absolute Gasteiger partial charge is 0.136 e. The van der Waals surface area contributed by atoms with Crippen molar-refractivity contribution in [1.29, 1.82) is 0 Å². The molecule has 0 saturated carbocycles. The highest BCUT2D eigenvalue weighted by Gasteiger charge is 2.18. The lowest BCUT2D eigenvalue weighted by molar-refractivity contribution is 1.39. The summed E-state index contributed by atoms with van der Waals surface area (Å²) in [5, 5.41) is 2.86. The first kappa shape index (κ1) is 14.4. The van der Waals surface area contributed by atoms with E-state index >= 15 is 0 Å². The lowest BCUT2D eigenvalue weighted by Crippen LogP contribution is -2.45. The summed E-state index contributed by atoms with van der Waals surface area (Å²) in [7, 11) is -0.865. The second-order valence-corrected chi connectivity index (χ2v) is 8.45. The predicted octanol–water partition coefficient (Wildman–Crippen LogP) is 3.31. The van der Waals surface area contributed by atoms with Gasteiger partial charge < -0.3 is 0 Å². The fourth-order valence-corrected chi connectivity index (χ4v) is 5.75. The maximum Gasteiger partial charge on any atom is 0.136 e. The Balaban J connectivity index is 2.49. The molecule has 0 unspecified atom stereocenters. The highest BCUT2D eigenvalue weighted by molar-refractivity contribution is 6.89. The molecule has 0 aliphatic heterocycles. The van der Waals surface area contributed by atoms with Crippen molar-refractivity contribution in [3.05, 3.63) is 58.7 Å². The number of alkyl halides is 1. The molecular weight excluding hydrogens is 268 g/mol. The molecule has 0 heterocycles. The molecule has 0 nitrogen and oxygen atoms in total. The molecule has 0 bridgehead atoms. The van der Waals surface area contributed by atoms with Gasteiger partial charge in [0.05, 0.1) is 0 Å². The SMILES string of the molecule is Cc1cc(C)cc([Si](CCl)c2ccc(C)cc2C)c1. The molecule has 0 N–H and O–H groups in total. The molecule has 0 aliphatic rings. The summed E-state index contributed by atoms with van der Waals surface area (Å²) in [6.45, 7) is 8.65. The molecule has 0 aromatic heterocycles. The van der Waals surface area contributed by atoms with Crippen LogP contribution in [0, 0.1) is 27.7 Å². The maximum atomic E-state index is 6.30. The Hall–Kier alpha value is -1.05. The van der Waals surface area contributed by atoms with Crippen molar-refractivity contribution in [2.75, 3.05) is 5.50 Å². The van der Waals surface area contributed by atoms with Crippen LogP contribution in [0.25, 0.3) is 0 Å². The van der Waals surface area contributed by atoms with E-state index in [1.54, 1.807) is 0 Å². The van der Waals surface area contributed by atoms with Crippen molar-refractivity contribution >= 4 is 30.8 Å². The summed E-state index contributed by atoms with van der Waals surface area (Å²) >= 11 is 6.30. The monoisotopic (exact) mass is 287 g/mol. The fraction of sp³-hybridized carbons (Fsp3) is 0.294. The first-order valence-corrected chi connectivity index (χ1v) is 8.83. The van der Waals surface area contributed by atoms with Crippen molar-refractivity contribution in [2.45, 2.75) is 27.7 Å². The summed E-state index contributed by atoms with van der Waals surface area (Å²) in [6.07, 6.45) is 0. The Labute approximate surface area is 123 Å². The molecule has 0 saturated heterocycles. The standard InChI is InChI=1S/C17H20ClSi/c1-12-5-6-17(15(4)8-12)19(11-18)16-9-13(2)7-14(3)10-16/h5-10H,11H2,1-4H3. The molecule has 0 spiro atoms. The molecule has 0 atom stereocenters. The molecular formula is C17H20ClSi. The highest BCUT2D eigenvalue weighted by Crippen LogP contribution is 2.06. The molecule has 2 rings (SSSR count). The van der Waals surface area contributed by atoms with Crippen molar-refractivity contribution < 1.29 is 0 Å². The zero-order valence-electron chi connectivity index (χ0n) is 12.0. The van der Waals surface area contributed by atoms with Gasteiger partial charge in [0.1, 0.15) is 8.80 Å². The molecule has 0 amide bonds. The average molecular weight is 288 g/mol. The van der Waals surface area contributed by atoms with Crippen molar-refractivity contribution in [3.8, 4) is 0 Å². The quantitative estimate of drug-likeness (QED) is 0.600. The third-order valence-electron chi connectivity index (χ3n) is 3.41. The minimum atomic E-state index is -0.865. The summed E-state index contributed by atoms with van der Waals surface area (Å²) in [5.74, 6) is 0. The van der Waals surface area contributed by atoms with E-state index in [0.717, 1.165) is 5.50 Å². The predicted molar refractivity (Wildman–Crippen MR) is 87.6 cm³/mol. The molecule has 2 aromatic rings. The summed E-state index contributed by atoms with van der Waals surface area (Å²) in [4.78, 5) is 0. The summed E-state index contributed by atoms with van der Waals surface area (Å²) in [6, 6.07) is 13.5. The molecule has 99 valence electrons. The number of aryl methyl sites for hydroxylation is 4. The van der Waals surface area contributed by atoms with E-state index in [1.807, 2.05) is 0 Å². The van der Waals surface area contributed by atoms with E-state index in [4.69, 9.17) is 11.6 Å². The van der Waals surface area contributed by atoms with Crippen LogP contribution in [0.3, 0.4) is 0 Å². The second kappa shape index (κ2) is 5.94. The Morgan fingerprint density at radius 2 is 1.47 bits per heavy atom. The number of hydrogen-bond donors (Lipinski definition) is 0. The Bertz CT molecular complexity index is 570. The third kappa shape index (κ3) is 3.29. The number of hydrogen-bond acceptors (Lipinski definition) is 0. The van der Waals surface area contributed by atoms with Gasteiger partial charge in [0, 0.05) is 5.50 Å². The maximum absolute atomic E-state index is 6.30. The van der Waals surface area contributed by atoms with E-state index in [0.29, 0.717) is 0 Å². The number of halogens is 1. The minimum Gasteiger partial charge on any atom is -0.130 e. The van der Waals surface area contributed by atoms with Crippen LogP contribution in [-0.4, -0.2) is 14.3 Å².